The summed E-state index contributed by atoms with van der Waals surface area (Å²) in [6.07, 6.45) is 9.01. The van der Waals surface area contributed by atoms with Gasteiger partial charge >= 0.3 is 0 Å². The minimum atomic E-state index is -0.120. The van der Waals surface area contributed by atoms with Gasteiger partial charge in [0.1, 0.15) is 0 Å². The van der Waals surface area contributed by atoms with E-state index in [2.05, 4.69) is 6.92 Å². The van der Waals surface area contributed by atoms with Crippen molar-refractivity contribution in [3.8, 4) is 0 Å². The Labute approximate surface area is 93.0 Å². The molecule has 0 aromatic heterocycles. The third-order valence-electron chi connectivity index (χ3n) is 4.23. The lowest BCUT2D eigenvalue weighted by molar-refractivity contribution is 0.0277. The number of hydrogen-bond donors (Lipinski definition) is 1. The Balaban J connectivity index is 1.77. The molecule has 0 radical (unpaired) electrons. The van der Waals surface area contributed by atoms with Crippen LogP contribution in [0.5, 0.6) is 0 Å². The summed E-state index contributed by atoms with van der Waals surface area (Å²) >= 11 is 0. The first kappa shape index (κ1) is 11.4. The summed E-state index contributed by atoms with van der Waals surface area (Å²) < 4.78 is 5.52. The fourth-order valence-corrected chi connectivity index (χ4v) is 3.19. The Morgan fingerprint density at radius 1 is 1.20 bits per heavy atom. The van der Waals surface area contributed by atoms with E-state index in [1.165, 1.54) is 32.1 Å². The Morgan fingerprint density at radius 2 is 1.93 bits per heavy atom. The quantitative estimate of drug-likeness (QED) is 0.779. The molecular weight excluding hydrogens is 188 g/mol. The van der Waals surface area contributed by atoms with Crippen molar-refractivity contribution >= 4 is 0 Å². The van der Waals surface area contributed by atoms with E-state index in [1.807, 2.05) is 0 Å². The molecule has 2 fully saturated rings. The average molecular weight is 212 g/mol. The van der Waals surface area contributed by atoms with E-state index in [1.54, 1.807) is 0 Å². The summed E-state index contributed by atoms with van der Waals surface area (Å²) in [5.74, 6) is 1.17. The largest absolute Gasteiger partial charge is 0.393 e. The molecule has 0 bridgehead atoms. The highest BCUT2D eigenvalue weighted by Crippen LogP contribution is 2.32. The summed E-state index contributed by atoms with van der Waals surface area (Å²) in [5.41, 5.74) is 0. The zero-order valence-electron chi connectivity index (χ0n) is 9.82. The van der Waals surface area contributed by atoms with Crippen LogP contribution in [0.4, 0.5) is 0 Å². The van der Waals surface area contributed by atoms with Crippen molar-refractivity contribution in [3.05, 3.63) is 0 Å². The van der Waals surface area contributed by atoms with Crippen molar-refractivity contribution in [2.75, 3.05) is 6.61 Å². The Morgan fingerprint density at radius 3 is 2.53 bits per heavy atom. The van der Waals surface area contributed by atoms with Crippen molar-refractivity contribution in [3.63, 3.8) is 0 Å². The molecule has 1 heterocycles. The minimum Gasteiger partial charge on any atom is -0.393 e. The second-order valence-corrected chi connectivity index (χ2v) is 5.34. The second kappa shape index (κ2) is 5.31. The molecule has 3 atom stereocenters. The Bertz CT molecular complexity index is 187. The van der Waals surface area contributed by atoms with Gasteiger partial charge in [0.2, 0.25) is 0 Å². The number of hydrogen-bond acceptors (Lipinski definition) is 2. The first-order valence-electron chi connectivity index (χ1n) is 6.57. The van der Waals surface area contributed by atoms with Crippen molar-refractivity contribution < 1.29 is 9.84 Å². The maximum absolute atomic E-state index is 10.2. The highest BCUT2D eigenvalue weighted by molar-refractivity contribution is 4.81. The zero-order valence-corrected chi connectivity index (χ0v) is 9.82. The van der Waals surface area contributed by atoms with E-state index in [-0.39, 0.29) is 12.2 Å². The van der Waals surface area contributed by atoms with Crippen LogP contribution in [0.2, 0.25) is 0 Å². The highest BCUT2D eigenvalue weighted by Gasteiger charge is 2.32. The molecule has 1 aliphatic carbocycles. The average Bonchev–Trinajstić information content (AvgIpc) is 2.66. The SMILES string of the molecule is CC1OCCC1C(O)CC1CCCCC1. The van der Waals surface area contributed by atoms with Crippen LogP contribution >= 0.6 is 0 Å². The standard InChI is InChI=1S/C13H24O2/c1-10-12(7-8-15-10)13(14)9-11-5-3-2-4-6-11/h10-14H,2-9H2,1H3. The summed E-state index contributed by atoms with van der Waals surface area (Å²) in [5, 5.41) is 10.2. The second-order valence-electron chi connectivity index (χ2n) is 5.34. The van der Waals surface area contributed by atoms with Gasteiger partial charge in [-0.05, 0) is 25.7 Å². The maximum Gasteiger partial charge on any atom is 0.0600 e. The molecule has 1 saturated heterocycles. The van der Waals surface area contributed by atoms with Crippen LogP contribution in [-0.2, 0) is 4.74 Å². The third kappa shape index (κ3) is 2.94. The molecule has 1 N–H and O–H groups in total. The normalized spacial score (nSPS) is 35.6. The van der Waals surface area contributed by atoms with Gasteiger partial charge in [-0.1, -0.05) is 32.1 Å². The van der Waals surface area contributed by atoms with Crippen LogP contribution in [0, 0.1) is 11.8 Å². The number of ether oxygens (including phenoxy) is 1. The van der Waals surface area contributed by atoms with Gasteiger partial charge in [0.15, 0.2) is 0 Å². The van der Waals surface area contributed by atoms with Crippen LogP contribution in [0.1, 0.15) is 51.9 Å². The lowest BCUT2D eigenvalue weighted by Gasteiger charge is -2.27. The van der Waals surface area contributed by atoms with E-state index < -0.39 is 0 Å². The molecule has 0 aromatic carbocycles. The predicted molar refractivity (Wildman–Crippen MR) is 60.7 cm³/mol. The number of aliphatic hydroxyl groups is 1. The van der Waals surface area contributed by atoms with Crippen molar-refractivity contribution in [2.45, 2.75) is 64.1 Å². The van der Waals surface area contributed by atoms with Gasteiger partial charge in [0.05, 0.1) is 12.2 Å². The van der Waals surface area contributed by atoms with Gasteiger partial charge in [-0.15, -0.1) is 0 Å². The minimum absolute atomic E-state index is 0.120. The van der Waals surface area contributed by atoms with Crippen molar-refractivity contribution in [1.29, 1.82) is 0 Å². The van der Waals surface area contributed by atoms with Gasteiger partial charge in [0, 0.05) is 12.5 Å². The molecule has 2 heteroatoms. The van der Waals surface area contributed by atoms with Crippen LogP contribution in [0.25, 0.3) is 0 Å². The third-order valence-corrected chi connectivity index (χ3v) is 4.23. The van der Waals surface area contributed by atoms with Gasteiger partial charge in [-0.25, -0.2) is 0 Å². The number of rotatable bonds is 3. The Kier molecular flexibility index (Phi) is 4.04. The molecule has 1 aliphatic heterocycles. The molecular formula is C13H24O2. The van der Waals surface area contributed by atoms with Gasteiger partial charge < -0.3 is 9.84 Å². The molecule has 2 aliphatic rings. The van der Waals surface area contributed by atoms with Crippen LogP contribution in [-0.4, -0.2) is 23.9 Å². The molecule has 88 valence electrons. The molecule has 0 aromatic rings. The van der Waals surface area contributed by atoms with Crippen molar-refractivity contribution in [2.24, 2.45) is 11.8 Å². The van der Waals surface area contributed by atoms with Crippen LogP contribution < -0.4 is 0 Å². The van der Waals surface area contributed by atoms with Gasteiger partial charge in [0.25, 0.3) is 0 Å². The van der Waals surface area contributed by atoms with E-state index in [0.717, 1.165) is 25.4 Å². The summed E-state index contributed by atoms with van der Waals surface area (Å²) in [7, 11) is 0. The number of aliphatic hydroxyl groups excluding tert-OH is 1. The topological polar surface area (TPSA) is 29.5 Å². The summed E-state index contributed by atoms with van der Waals surface area (Å²) in [6, 6.07) is 0. The lowest BCUT2D eigenvalue weighted by atomic mass is 9.81. The summed E-state index contributed by atoms with van der Waals surface area (Å²) in [4.78, 5) is 0. The summed E-state index contributed by atoms with van der Waals surface area (Å²) in [6.45, 7) is 2.94. The molecule has 2 nitrogen and oxygen atoms in total. The molecule has 15 heavy (non-hydrogen) atoms. The molecule has 1 saturated carbocycles. The molecule has 2 rings (SSSR count). The molecule has 0 amide bonds. The van der Waals surface area contributed by atoms with Crippen LogP contribution in [0.15, 0.2) is 0 Å². The Hall–Kier alpha value is -0.0800. The van der Waals surface area contributed by atoms with Gasteiger partial charge in [-0.2, -0.15) is 0 Å². The monoisotopic (exact) mass is 212 g/mol. The maximum atomic E-state index is 10.2. The van der Waals surface area contributed by atoms with Crippen LogP contribution in [0.3, 0.4) is 0 Å². The fourth-order valence-electron chi connectivity index (χ4n) is 3.19. The highest BCUT2D eigenvalue weighted by atomic mass is 16.5. The van der Waals surface area contributed by atoms with E-state index in [9.17, 15) is 5.11 Å². The smallest absolute Gasteiger partial charge is 0.0600 e. The van der Waals surface area contributed by atoms with E-state index in [4.69, 9.17) is 4.74 Å². The first-order valence-corrected chi connectivity index (χ1v) is 6.57. The van der Waals surface area contributed by atoms with Gasteiger partial charge in [-0.3, -0.25) is 0 Å². The lowest BCUT2D eigenvalue weighted by Crippen LogP contribution is -2.29. The fraction of sp³-hybridized carbons (Fsp3) is 1.00. The molecule has 0 spiro atoms. The predicted octanol–water partition coefficient (Wildman–Crippen LogP) is 2.74. The zero-order chi connectivity index (χ0) is 10.7. The van der Waals surface area contributed by atoms with E-state index >= 15 is 0 Å². The van der Waals surface area contributed by atoms with Crippen molar-refractivity contribution in [1.82, 2.24) is 0 Å². The van der Waals surface area contributed by atoms with E-state index in [0.29, 0.717) is 5.92 Å². The first-order chi connectivity index (χ1) is 7.27. The molecule has 3 unspecified atom stereocenters.